The van der Waals surface area contributed by atoms with E-state index in [1.54, 1.807) is 0 Å². The minimum atomic E-state index is 0.186. The summed E-state index contributed by atoms with van der Waals surface area (Å²) in [6, 6.07) is 0. The van der Waals surface area contributed by atoms with E-state index in [0.717, 1.165) is 26.1 Å². The summed E-state index contributed by atoms with van der Waals surface area (Å²) in [5.41, 5.74) is 0. The maximum absolute atomic E-state index is 11.8. The van der Waals surface area contributed by atoms with Crippen LogP contribution in [0, 0.1) is 11.8 Å². The number of nitrogens with one attached hydrogen (secondary N) is 2. The fraction of sp³-hybridized carbons (Fsp3) is 0.917. The van der Waals surface area contributed by atoms with Gasteiger partial charge in [0, 0.05) is 13.1 Å². The molecule has 0 spiro atoms. The largest absolute Gasteiger partial charge is 0.356 e. The van der Waals surface area contributed by atoms with Crippen molar-refractivity contribution in [3.63, 3.8) is 0 Å². The summed E-state index contributed by atoms with van der Waals surface area (Å²) in [5, 5.41) is 6.30. The SMILES string of the molecule is CSCCCCCNC(=O)[C@@H]1CNC[C@H]1C. The van der Waals surface area contributed by atoms with Crippen LogP contribution in [0.5, 0.6) is 0 Å². The van der Waals surface area contributed by atoms with Gasteiger partial charge < -0.3 is 10.6 Å². The normalized spacial score (nSPS) is 24.6. The van der Waals surface area contributed by atoms with Crippen molar-refractivity contribution in [1.82, 2.24) is 10.6 Å². The van der Waals surface area contributed by atoms with Crippen LogP contribution in [0.15, 0.2) is 0 Å². The van der Waals surface area contributed by atoms with Crippen molar-refractivity contribution >= 4 is 17.7 Å². The Balaban J connectivity index is 2.02. The molecule has 0 aromatic rings. The molecule has 3 nitrogen and oxygen atoms in total. The van der Waals surface area contributed by atoms with Crippen LogP contribution in [0.25, 0.3) is 0 Å². The van der Waals surface area contributed by atoms with Crippen LogP contribution < -0.4 is 10.6 Å². The third kappa shape index (κ3) is 4.74. The van der Waals surface area contributed by atoms with E-state index < -0.39 is 0 Å². The number of hydrogen-bond donors (Lipinski definition) is 2. The molecule has 0 aromatic carbocycles. The first-order chi connectivity index (χ1) is 7.75. The van der Waals surface area contributed by atoms with Gasteiger partial charge in [0.1, 0.15) is 0 Å². The van der Waals surface area contributed by atoms with Gasteiger partial charge in [0.2, 0.25) is 5.91 Å². The van der Waals surface area contributed by atoms with Gasteiger partial charge >= 0.3 is 0 Å². The van der Waals surface area contributed by atoms with Crippen molar-refractivity contribution in [1.29, 1.82) is 0 Å². The molecule has 1 saturated heterocycles. The number of carbonyl (C=O) groups is 1. The van der Waals surface area contributed by atoms with E-state index in [4.69, 9.17) is 0 Å². The van der Waals surface area contributed by atoms with E-state index in [1.807, 2.05) is 11.8 Å². The van der Waals surface area contributed by atoms with Crippen LogP contribution in [0.4, 0.5) is 0 Å². The zero-order valence-corrected chi connectivity index (χ0v) is 11.2. The quantitative estimate of drug-likeness (QED) is 0.667. The molecule has 2 atom stereocenters. The average molecular weight is 244 g/mol. The van der Waals surface area contributed by atoms with E-state index in [1.165, 1.54) is 18.6 Å². The molecule has 1 aliphatic heterocycles. The summed E-state index contributed by atoms with van der Waals surface area (Å²) < 4.78 is 0. The van der Waals surface area contributed by atoms with E-state index in [9.17, 15) is 4.79 Å². The molecule has 4 heteroatoms. The number of thioether (sulfide) groups is 1. The summed E-state index contributed by atoms with van der Waals surface area (Å²) in [4.78, 5) is 11.8. The van der Waals surface area contributed by atoms with E-state index >= 15 is 0 Å². The second-order valence-corrected chi connectivity index (χ2v) is 5.57. The van der Waals surface area contributed by atoms with E-state index in [0.29, 0.717) is 5.92 Å². The van der Waals surface area contributed by atoms with E-state index in [2.05, 4.69) is 23.8 Å². The van der Waals surface area contributed by atoms with Crippen LogP contribution in [-0.4, -0.2) is 37.6 Å². The predicted octanol–water partition coefficient (Wildman–Crippen LogP) is 1.49. The fourth-order valence-corrected chi connectivity index (χ4v) is 2.54. The third-order valence-corrected chi connectivity index (χ3v) is 3.88. The van der Waals surface area contributed by atoms with Crippen molar-refractivity contribution in [2.75, 3.05) is 31.6 Å². The first kappa shape index (κ1) is 13.8. The monoisotopic (exact) mass is 244 g/mol. The Morgan fingerprint density at radius 2 is 2.19 bits per heavy atom. The number of carbonyl (C=O) groups excluding carboxylic acids is 1. The molecule has 0 unspecified atom stereocenters. The molecule has 1 fully saturated rings. The molecule has 0 saturated carbocycles. The average Bonchev–Trinajstić information content (AvgIpc) is 2.69. The molecule has 2 N–H and O–H groups in total. The van der Waals surface area contributed by atoms with Gasteiger partial charge in [-0.1, -0.05) is 13.3 Å². The van der Waals surface area contributed by atoms with Crippen molar-refractivity contribution < 1.29 is 4.79 Å². The van der Waals surface area contributed by atoms with Crippen molar-refractivity contribution in [2.45, 2.75) is 26.2 Å². The molecular weight excluding hydrogens is 220 g/mol. The molecule has 94 valence electrons. The van der Waals surface area contributed by atoms with Gasteiger partial charge in [-0.3, -0.25) is 4.79 Å². The van der Waals surface area contributed by atoms with Crippen molar-refractivity contribution in [3.8, 4) is 0 Å². The molecule has 0 radical (unpaired) electrons. The van der Waals surface area contributed by atoms with Crippen molar-refractivity contribution in [2.24, 2.45) is 11.8 Å². The number of unbranched alkanes of at least 4 members (excludes halogenated alkanes) is 2. The molecule has 1 rings (SSSR count). The number of amides is 1. The fourth-order valence-electron chi connectivity index (χ4n) is 2.05. The molecule has 1 aliphatic rings. The maximum atomic E-state index is 11.8. The van der Waals surface area contributed by atoms with E-state index in [-0.39, 0.29) is 11.8 Å². The lowest BCUT2D eigenvalue weighted by Crippen LogP contribution is -2.34. The first-order valence-electron chi connectivity index (χ1n) is 6.23. The van der Waals surface area contributed by atoms with Gasteiger partial charge in [0.05, 0.1) is 5.92 Å². The first-order valence-corrected chi connectivity index (χ1v) is 7.62. The summed E-state index contributed by atoms with van der Waals surface area (Å²) in [6.45, 7) is 4.81. The molecule has 0 aromatic heterocycles. The van der Waals surface area contributed by atoms with Gasteiger partial charge in [-0.2, -0.15) is 11.8 Å². The lowest BCUT2D eigenvalue weighted by atomic mass is 9.97. The van der Waals surface area contributed by atoms with Gasteiger partial charge in [-0.15, -0.1) is 0 Å². The molecule has 1 amide bonds. The highest BCUT2D eigenvalue weighted by molar-refractivity contribution is 7.98. The predicted molar refractivity (Wildman–Crippen MR) is 70.8 cm³/mol. The molecule has 0 aliphatic carbocycles. The minimum absolute atomic E-state index is 0.186. The van der Waals surface area contributed by atoms with Crippen LogP contribution in [0.3, 0.4) is 0 Å². The highest BCUT2D eigenvalue weighted by Gasteiger charge is 2.28. The van der Waals surface area contributed by atoms with Crippen molar-refractivity contribution in [3.05, 3.63) is 0 Å². The standard InChI is InChI=1S/C12H24N2OS/c1-10-8-13-9-11(10)12(15)14-6-4-3-5-7-16-2/h10-11,13H,3-9H2,1-2H3,(H,14,15)/t10-,11-/m1/s1. The summed E-state index contributed by atoms with van der Waals surface area (Å²) in [5.74, 6) is 2.14. The summed E-state index contributed by atoms with van der Waals surface area (Å²) in [7, 11) is 0. The Morgan fingerprint density at radius 3 is 2.81 bits per heavy atom. The maximum Gasteiger partial charge on any atom is 0.224 e. The lowest BCUT2D eigenvalue weighted by Gasteiger charge is -2.13. The minimum Gasteiger partial charge on any atom is -0.356 e. The lowest BCUT2D eigenvalue weighted by molar-refractivity contribution is -0.125. The van der Waals surface area contributed by atoms with Crippen LogP contribution >= 0.6 is 11.8 Å². The zero-order chi connectivity index (χ0) is 11.8. The molecule has 16 heavy (non-hydrogen) atoms. The second-order valence-electron chi connectivity index (χ2n) is 4.59. The molecule has 0 bridgehead atoms. The highest BCUT2D eigenvalue weighted by Crippen LogP contribution is 2.15. The van der Waals surface area contributed by atoms with Gasteiger partial charge in [0.15, 0.2) is 0 Å². The van der Waals surface area contributed by atoms with Gasteiger partial charge in [-0.25, -0.2) is 0 Å². The smallest absolute Gasteiger partial charge is 0.224 e. The Kier molecular flexibility index (Phi) is 6.88. The Hall–Kier alpha value is -0.220. The topological polar surface area (TPSA) is 41.1 Å². The van der Waals surface area contributed by atoms with Crippen LogP contribution in [-0.2, 0) is 4.79 Å². The van der Waals surface area contributed by atoms with Crippen LogP contribution in [0.2, 0.25) is 0 Å². The summed E-state index contributed by atoms with van der Waals surface area (Å²) in [6.07, 6.45) is 5.73. The second kappa shape index (κ2) is 7.96. The molecule has 1 heterocycles. The van der Waals surface area contributed by atoms with Gasteiger partial charge in [-0.05, 0) is 37.3 Å². The zero-order valence-electron chi connectivity index (χ0n) is 10.4. The Labute approximate surface area is 103 Å². The third-order valence-electron chi connectivity index (χ3n) is 3.18. The summed E-state index contributed by atoms with van der Waals surface area (Å²) >= 11 is 1.89. The molecular formula is C12H24N2OS. The number of hydrogen-bond acceptors (Lipinski definition) is 3. The Bertz CT molecular complexity index is 211. The van der Waals surface area contributed by atoms with Gasteiger partial charge in [0.25, 0.3) is 0 Å². The number of rotatable bonds is 7. The Morgan fingerprint density at radius 1 is 1.38 bits per heavy atom. The highest BCUT2D eigenvalue weighted by atomic mass is 32.2. The van der Waals surface area contributed by atoms with Crippen LogP contribution in [0.1, 0.15) is 26.2 Å².